The first kappa shape index (κ1) is 21.8. The molecule has 0 aliphatic rings. The van der Waals surface area contributed by atoms with E-state index in [9.17, 15) is 22.8 Å². The summed E-state index contributed by atoms with van der Waals surface area (Å²) in [5.41, 5.74) is 0.491. The normalized spacial score (nSPS) is 11.9. The summed E-state index contributed by atoms with van der Waals surface area (Å²) in [5, 5.41) is 2.47. The van der Waals surface area contributed by atoms with E-state index in [1.165, 1.54) is 62.6 Å². The molecule has 0 fully saturated rings. The smallest absolute Gasteiger partial charge is 0.387 e. The molecule has 9 heteroatoms. The lowest BCUT2D eigenvalue weighted by atomic mass is 10.1. The first-order valence-corrected chi connectivity index (χ1v) is 8.37. The molecule has 0 aliphatic carbocycles. The Hall–Kier alpha value is -3.49. The fourth-order valence-electron chi connectivity index (χ4n) is 2.24. The van der Waals surface area contributed by atoms with Crippen LogP contribution in [0.4, 0.5) is 18.9 Å². The second-order valence-electron chi connectivity index (χ2n) is 5.67. The van der Waals surface area contributed by atoms with Crippen molar-refractivity contribution in [2.75, 3.05) is 12.4 Å². The van der Waals surface area contributed by atoms with Gasteiger partial charge in [0.25, 0.3) is 5.91 Å². The topological polar surface area (TPSA) is 73.9 Å². The van der Waals surface area contributed by atoms with Gasteiger partial charge in [0, 0.05) is 17.3 Å². The van der Waals surface area contributed by atoms with Gasteiger partial charge >= 0.3 is 12.6 Å². The highest BCUT2D eigenvalue weighted by atomic mass is 19.3. The van der Waals surface area contributed by atoms with Crippen LogP contribution in [0.2, 0.25) is 0 Å². The third-order valence-electron chi connectivity index (χ3n) is 3.61. The minimum Gasteiger partial charge on any atom is -0.493 e. The number of methoxy groups -OCH3 is 1. The molecular weight excluding hydrogens is 391 g/mol. The summed E-state index contributed by atoms with van der Waals surface area (Å²) >= 11 is 0. The lowest BCUT2D eigenvalue weighted by Crippen LogP contribution is -2.29. The monoisotopic (exact) mass is 409 g/mol. The number of anilines is 1. The molecule has 0 radical (unpaired) electrons. The van der Waals surface area contributed by atoms with E-state index in [0.717, 1.165) is 6.08 Å². The molecule has 0 saturated heterocycles. The van der Waals surface area contributed by atoms with E-state index in [-0.39, 0.29) is 17.1 Å². The first-order chi connectivity index (χ1) is 13.8. The van der Waals surface area contributed by atoms with Gasteiger partial charge in [-0.25, -0.2) is 9.18 Å². The predicted octanol–water partition coefficient (Wildman–Crippen LogP) is 4.02. The molecule has 0 saturated carbocycles. The van der Waals surface area contributed by atoms with Crippen molar-refractivity contribution in [1.29, 1.82) is 0 Å². The number of rotatable bonds is 8. The van der Waals surface area contributed by atoms with E-state index in [4.69, 9.17) is 9.47 Å². The van der Waals surface area contributed by atoms with Crippen LogP contribution < -0.4 is 14.8 Å². The van der Waals surface area contributed by atoms with Crippen molar-refractivity contribution in [2.45, 2.75) is 19.6 Å². The fourth-order valence-corrected chi connectivity index (χ4v) is 2.24. The van der Waals surface area contributed by atoms with Crippen LogP contribution in [0.15, 0.2) is 48.5 Å². The van der Waals surface area contributed by atoms with Crippen LogP contribution in [0.5, 0.6) is 11.5 Å². The van der Waals surface area contributed by atoms with Gasteiger partial charge in [-0.2, -0.15) is 8.78 Å². The van der Waals surface area contributed by atoms with Crippen LogP contribution in [0, 0.1) is 5.82 Å². The maximum atomic E-state index is 12.9. The molecule has 2 aromatic rings. The van der Waals surface area contributed by atoms with Crippen molar-refractivity contribution < 1.29 is 37.0 Å². The van der Waals surface area contributed by atoms with Crippen LogP contribution in [-0.4, -0.2) is 31.7 Å². The largest absolute Gasteiger partial charge is 0.493 e. The van der Waals surface area contributed by atoms with E-state index in [1.807, 2.05) is 0 Å². The SMILES string of the molecule is COc1cccc(/C=C/C(=O)O[C@@H](C)C(=O)Nc2ccc(F)cc2)c1OC(F)F. The number of benzene rings is 2. The predicted molar refractivity (Wildman–Crippen MR) is 99.2 cm³/mol. The summed E-state index contributed by atoms with van der Waals surface area (Å²) in [6.45, 7) is -1.73. The van der Waals surface area contributed by atoms with Gasteiger partial charge in [0.05, 0.1) is 7.11 Å². The Balaban J connectivity index is 2.01. The van der Waals surface area contributed by atoms with E-state index in [0.29, 0.717) is 5.69 Å². The number of ether oxygens (including phenoxy) is 3. The highest BCUT2D eigenvalue weighted by Gasteiger charge is 2.18. The van der Waals surface area contributed by atoms with Crippen LogP contribution >= 0.6 is 0 Å². The summed E-state index contributed by atoms with van der Waals surface area (Å²) in [5.74, 6) is -2.14. The average Bonchev–Trinajstić information content (AvgIpc) is 2.68. The van der Waals surface area contributed by atoms with E-state index in [2.05, 4.69) is 10.1 Å². The van der Waals surface area contributed by atoms with E-state index < -0.39 is 30.4 Å². The third-order valence-corrected chi connectivity index (χ3v) is 3.61. The van der Waals surface area contributed by atoms with Crippen LogP contribution in [0.1, 0.15) is 12.5 Å². The van der Waals surface area contributed by atoms with Crippen molar-refractivity contribution in [3.05, 3.63) is 59.9 Å². The molecule has 1 N–H and O–H groups in total. The average molecular weight is 409 g/mol. The Morgan fingerprint density at radius 3 is 2.41 bits per heavy atom. The molecule has 1 atom stereocenters. The second kappa shape index (κ2) is 10.2. The fraction of sp³-hybridized carbons (Fsp3) is 0.200. The Morgan fingerprint density at radius 1 is 1.10 bits per heavy atom. The number of nitrogens with one attached hydrogen (secondary N) is 1. The van der Waals surface area contributed by atoms with Crippen molar-refractivity contribution in [2.24, 2.45) is 0 Å². The molecule has 154 valence electrons. The van der Waals surface area contributed by atoms with Gasteiger partial charge in [-0.3, -0.25) is 4.79 Å². The van der Waals surface area contributed by atoms with Gasteiger partial charge in [0.2, 0.25) is 0 Å². The number of carbonyl (C=O) groups is 2. The Kier molecular flexibility index (Phi) is 7.64. The summed E-state index contributed by atoms with van der Waals surface area (Å²) in [7, 11) is 1.29. The Morgan fingerprint density at radius 2 is 1.79 bits per heavy atom. The minimum absolute atomic E-state index is 0.0628. The number of amides is 1. The summed E-state index contributed by atoms with van der Waals surface area (Å²) in [6, 6.07) is 9.44. The Bertz CT molecular complexity index is 884. The number of alkyl halides is 2. The lowest BCUT2D eigenvalue weighted by molar-refractivity contribution is -0.148. The molecule has 2 aromatic carbocycles. The number of esters is 1. The number of halogens is 3. The van der Waals surface area contributed by atoms with Gasteiger partial charge < -0.3 is 19.5 Å². The first-order valence-electron chi connectivity index (χ1n) is 8.37. The Labute approximate surface area is 164 Å². The van der Waals surface area contributed by atoms with E-state index >= 15 is 0 Å². The van der Waals surface area contributed by atoms with Gasteiger partial charge in [0.15, 0.2) is 17.6 Å². The molecule has 0 unspecified atom stereocenters. The second-order valence-corrected chi connectivity index (χ2v) is 5.67. The van der Waals surface area contributed by atoms with E-state index in [1.54, 1.807) is 0 Å². The van der Waals surface area contributed by atoms with Crippen molar-refractivity contribution in [3.63, 3.8) is 0 Å². The summed E-state index contributed by atoms with van der Waals surface area (Å²) in [6.07, 6.45) is 1.02. The molecule has 29 heavy (non-hydrogen) atoms. The standard InChI is InChI=1S/C20H18F3NO5/c1-12(19(26)24-15-9-7-14(21)8-10-15)28-17(25)11-6-13-4-3-5-16(27-2)18(13)29-20(22)23/h3-12,20H,1-2H3,(H,24,26)/b11-6+/t12-/m0/s1. The zero-order valence-corrected chi connectivity index (χ0v) is 15.5. The maximum absolute atomic E-state index is 12.9. The molecule has 0 heterocycles. The van der Waals surface area contributed by atoms with Crippen LogP contribution in [0.3, 0.4) is 0 Å². The van der Waals surface area contributed by atoms with Gasteiger partial charge in [-0.15, -0.1) is 0 Å². The number of carbonyl (C=O) groups excluding carboxylic acids is 2. The van der Waals surface area contributed by atoms with Crippen molar-refractivity contribution in [3.8, 4) is 11.5 Å². The molecule has 6 nitrogen and oxygen atoms in total. The summed E-state index contributed by atoms with van der Waals surface area (Å²) in [4.78, 5) is 24.0. The molecule has 0 bridgehead atoms. The molecule has 0 spiro atoms. The van der Waals surface area contributed by atoms with Crippen LogP contribution in [-0.2, 0) is 14.3 Å². The molecule has 1 amide bonds. The third kappa shape index (κ3) is 6.56. The van der Waals surface area contributed by atoms with Gasteiger partial charge in [-0.1, -0.05) is 12.1 Å². The maximum Gasteiger partial charge on any atom is 0.387 e. The molecular formula is C20H18F3NO5. The van der Waals surface area contributed by atoms with Crippen LogP contribution in [0.25, 0.3) is 6.08 Å². The number of hydrogen-bond donors (Lipinski definition) is 1. The van der Waals surface area contributed by atoms with Gasteiger partial charge in [-0.05, 0) is 43.3 Å². The molecule has 2 rings (SSSR count). The lowest BCUT2D eigenvalue weighted by Gasteiger charge is -2.13. The van der Waals surface area contributed by atoms with Crippen molar-refractivity contribution >= 4 is 23.6 Å². The summed E-state index contributed by atoms with van der Waals surface area (Å²) < 4.78 is 52.5. The quantitative estimate of drug-likeness (QED) is 0.527. The number of hydrogen-bond acceptors (Lipinski definition) is 5. The highest BCUT2D eigenvalue weighted by Crippen LogP contribution is 2.33. The highest BCUT2D eigenvalue weighted by molar-refractivity contribution is 5.96. The minimum atomic E-state index is -3.08. The zero-order valence-electron chi connectivity index (χ0n) is 15.5. The zero-order chi connectivity index (χ0) is 21.4. The molecule has 0 aliphatic heterocycles. The van der Waals surface area contributed by atoms with Crippen molar-refractivity contribution in [1.82, 2.24) is 0 Å². The van der Waals surface area contributed by atoms with Gasteiger partial charge in [0.1, 0.15) is 5.82 Å². The molecule has 0 aromatic heterocycles. The number of para-hydroxylation sites is 1.